The second-order valence-electron chi connectivity index (χ2n) is 9.95. The predicted molar refractivity (Wildman–Crippen MR) is 129 cm³/mol. The molecule has 0 spiro atoms. The maximum absolute atomic E-state index is 10.7. The highest BCUT2D eigenvalue weighted by Gasteiger charge is 2.38. The molecule has 1 aliphatic heterocycles. The number of fused-ring (bicyclic) bond motifs is 1. The molecule has 0 bridgehead atoms. The average Bonchev–Trinajstić information content (AvgIpc) is 2.69. The van der Waals surface area contributed by atoms with Crippen LogP contribution in [0.1, 0.15) is 94.8 Å². The van der Waals surface area contributed by atoms with Crippen LogP contribution in [0.15, 0.2) is 29.2 Å². The number of hydrogen-bond donors (Lipinski definition) is 0. The molecule has 0 amide bonds. The van der Waals surface area contributed by atoms with Crippen molar-refractivity contribution in [1.82, 2.24) is 10.2 Å². The van der Waals surface area contributed by atoms with Crippen molar-refractivity contribution in [3.8, 4) is 11.8 Å². The maximum atomic E-state index is 10.7. The molecule has 0 N–H and O–H groups in total. The van der Waals surface area contributed by atoms with Crippen molar-refractivity contribution in [2.75, 3.05) is 0 Å². The molecule has 0 saturated carbocycles. The van der Waals surface area contributed by atoms with Gasteiger partial charge in [-0.15, -0.1) is 16.9 Å². The second-order valence-corrected chi connectivity index (χ2v) is 11.7. The molecular weight excluding hydrogens is 416 g/mol. The van der Waals surface area contributed by atoms with E-state index < -0.39 is 5.97 Å². The van der Waals surface area contributed by atoms with E-state index in [1.165, 1.54) is 35.3 Å². The molecule has 4 nitrogen and oxygen atoms in total. The molecule has 3 rings (SSSR count). The van der Waals surface area contributed by atoms with E-state index in [0.717, 1.165) is 24.8 Å². The van der Waals surface area contributed by atoms with Crippen LogP contribution in [0.4, 0.5) is 0 Å². The van der Waals surface area contributed by atoms with E-state index in [1.807, 2.05) is 11.8 Å². The fraction of sp³-hybridized carbons (Fsp3) is 0.519. The van der Waals surface area contributed by atoms with Crippen LogP contribution in [-0.2, 0) is 23.1 Å². The van der Waals surface area contributed by atoms with Gasteiger partial charge in [0.25, 0.3) is 0 Å². The van der Waals surface area contributed by atoms with Gasteiger partial charge in [-0.2, -0.15) is 5.10 Å². The Kier molecular flexibility index (Phi) is 7.67. The topological polar surface area (TPSA) is 65.9 Å². The first-order valence-corrected chi connectivity index (χ1v) is 12.3. The lowest BCUT2D eigenvalue weighted by molar-refractivity contribution is -0.304. The van der Waals surface area contributed by atoms with Crippen molar-refractivity contribution in [1.29, 1.82) is 0 Å². The number of aryl methyl sites for hydroxylation is 1. The van der Waals surface area contributed by atoms with Crippen molar-refractivity contribution in [2.45, 2.75) is 94.6 Å². The van der Waals surface area contributed by atoms with Gasteiger partial charge in [0, 0.05) is 27.6 Å². The molecule has 1 aromatic carbocycles. The Labute approximate surface area is 196 Å². The van der Waals surface area contributed by atoms with Gasteiger partial charge in [0.05, 0.1) is 5.69 Å². The Hall–Kier alpha value is -2.32. The first-order valence-electron chi connectivity index (χ1n) is 11.5. The van der Waals surface area contributed by atoms with Crippen molar-refractivity contribution in [2.24, 2.45) is 0 Å². The number of nitrogens with zero attached hydrogens (tertiary/aromatic N) is 2. The monoisotopic (exact) mass is 449 g/mol. The maximum Gasteiger partial charge on any atom is 0.136 e. The third-order valence-electron chi connectivity index (χ3n) is 5.86. The van der Waals surface area contributed by atoms with Crippen LogP contribution >= 0.6 is 11.8 Å². The SMILES string of the molecule is CCCCCCc1cc2c(cc1C#Cc1ccc(CC(=O)[O-])nn1)C(C)(C)CC(C)(C)S2. The second kappa shape index (κ2) is 10.1. The van der Waals surface area contributed by atoms with E-state index in [4.69, 9.17) is 0 Å². The Morgan fingerprint density at radius 2 is 1.88 bits per heavy atom. The summed E-state index contributed by atoms with van der Waals surface area (Å²) in [6, 6.07) is 8.03. The van der Waals surface area contributed by atoms with E-state index in [9.17, 15) is 9.90 Å². The lowest BCUT2D eigenvalue weighted by atomic mass is 9.76. The normalized spacial score (nSPS) is 16.0. The number of thioether (sulfide) groups is 1. The third kappa shape index (κ3) is 6.36. The number of carboxylic acid groups (broad SMARTS) is 1. The Morgan fingerprint density at radius 3 is 2.53 bits per heavy atom. The van der Waals surface area contributed by atoms with Crippen molar-refractivity contribution in [3.05, 3.63) is 52.3 Å². The lowest BCUT2D eigenvalue weighted by Gasteiger charge is -2.42. The summed E-state index contributed by atoms with van der Waals surface area (Å²) in [6.07, 6.45) is 6.78. The molecule has 170 valence electrons. The number of carboxylic acids is 1. The van der Waals surface area contributed by atoms with E-state index >= 15 is 0 Å². The summed E-state index contributed by atoms with van der Waals surface area (Å²) in [4.78, 5) is 12.1. The molecule has 0 aliphatic carbocycles. The van der Waals surface area contributed by atoms with Crippen LogP contribution in [0, 0.1) is 11.8 Å². The molecule has 0 fully saturated rings. The highest BCUT2D eigenvalue weighted by molar-refractivity contribution is 8.00. The van der Waals surface area contributed by atoms with Gasteiger partial charge < -0.3 is 9.90 Å². The Balaban J connectivity index is 1.95. The van der Waals surface area contributed by atoms with Gasteiger partial charge in [-0.05, 0) is 66.0 Å². The Morgan fingerprint density at radius 1 is 1.09 bits per heavy atom. The highest BCUT2D eigenvalue weighted by Crippen LogP contribution is 2.51. The van der Waals surface area contributed by atoms with Gasteiger partial charge in [0.2, 0.25) is 0 Å². The molecule has 5 heteroatoms. The van der Waals surface area contributed by atoms with Crippen LogP contribution in [0.5, 0.6) is 0 Å². The summed E-state index contributed by atoms with van der Waals surface area (Å²) in [7, 11) is 0. The molecule has 0 unspecified atom stereocenters. The number of aromatic nitrogens is 2. The fourth-order valence-electron chi connectivity index (χ4n) is 4.59. The largest absolute Gasteiger partial charge is 0.550 e. The fourth-order valence-corrected chi connectivity index (χ4v) is 6.27. The highest BCUT2D eigenvalue weighted by atomic mass is 32.2. The van der Waals surface area contributed by atoms with Gasteiger partial charge in [0.15, 0.2) is 0 Å². The van der Waals surface area contributed by atoms with Crippen LogP contribution < -0.4 is 5.11 Å². The summed E-state index contributed by atoms with van der Waals surface area (Å²) < 4.78 is 0.214. The molecule has 2 heterocycles. The molecule has 2 aromatic rings. The summed E-state index contributed by atoms with van der Waals surface area (Å²) in [5, 5.41) is 18.8. The number of unbranched alkanes of at least 4 members (excludes halogenated alkanes) is 3. The number of aliphatic carboxylic acids is 1. The first-order chi connectivity index (χ1) is 15.1. The smallest absolute Gasteiger partial charge is 0.136 e. The minimum absolute atomic E-state index is 0.0908. The van der Waals surface area contributed by atoms with Crippen molar-refractivity contribution >= 4 is 17.7 Å². The Bertz CT molecular complexity index is 1030. The number of carbonyl (C=O) groups excluding carboxylic acids is 1. The van der Waals surface area contributed by atoms with Crippen molar-refractivity contribution in [3.63, 3.8) is 0 Å². The quantitative estimate of drug-likeness (QED) is 0.447. The van der Waals surface area contributed by atoms with Gasteiger partial charge >= 0.3 is 0 Å². The molecule has 0 saturated heterocycles. The van der Waals surface area contributed by atoms with Crippen LogP contribution in [-0.4, -0.2) is 20.9 Å². The number of benzene rings is 1. The molecular formula is C27H33N2O2S-. The molecule has 1 aromatic heterocycles. The lowest BCUT2D eigenvalue weighted by Crippen LogP contribution is -2.33. The van der Waals surface area contributed by atoms with E-state index in [-0.39, 0.29) is 16.6 Å². The minimum Gasteiger partial charge on any atom is -0.550 e. The van der Waals surface area contributed by atoms with Crippen LogP contribution in [0.3, 0.4) is 0 Å². The summed E-state index contributed by atoms with van der Waals surface area (Å²) in [5.74, 6) is 5.33. The summed E-state index contributed by atoms with van der Waals surface area (Å²) in [6.45, 7) is 11.6. The van der Waals surface area contributed by atoms with E-state index in [1.54, 1.807) is 12.1 Å². The van der Waals surface area contributed by atoms with Gasteiger partial charge in [0.1, 0.15) is 5.69 Å². The van der Waals surface area contributed by atoms with E-state index in [0.29, 0.717) is 11.4 Å². The number of hydrogen-bond acceptors (Lipinski definition) is 5. The zero-order valence-corrected chi connectivity index (χ0v) is 20.7. The zero-order valence-electron chi connectivity index (χ0n) is 19.9. The van der Waals surface area contributed by atoms with Gasteiger partial charge in [-0.1, -0.05) is 59.8 Å². The van der Waals surface area contributed by atoms with Crippen LogP contribution in [0.25, 0.3) is 0 Å². The third-order valence-corrected chi connectivity index (χ3v) is 7.11. The van der Waals surface area contributed by atoms with Gasteiger partial charge in [-0.3, -0.25) is 0 Å². The predicted octanol–water partition coefficient (Wildman–Crippen LogP) is 4.84. The molecule has 1 aliphatic rings. The van der Waals surface area contributed by atoms with E-state index in [2.05, 4.69) is 68.8 Å². The van der Waals surface area contributed by atoms with Crippen molar-refractivity contribution < 1.29 is 9.90 Å². The molecule has 32 heavy (non-hydrogen) atoms. The van der Waals surface area contributed by atoms with Crippen LogP contribution in [0.2, 0.25) is 0 Å². The number of rotatable bonds is 7. The average molecular weight is 450 g/mol. The summed E-state index contributed by atoms with van der Waals surface area (Å²) >= 11 is 1.98. The minimum atomic E-state index is -1.16. The van der Waals surface area contributed by atoms with Gasteiger partial charge in [-0.25, -0.2) is 0 Å². The number of carbonyl (C=O) groups is 1. The molecule has 0 radical (unpaired) electrons. The summed E-state index contributed by atoms with van der Waals surface area (Å²) in [5.41, 5.74) is 4.75. The standard InChI is InChI=1S/C27H34N2O2S/c1-6-7-8-9-10-19-16-24-23(26(2,3)18-27(4,5)32-24)15-20(19)11-12-21-13-14-22(29-28-21)17-25(30)31/h13-16H,6-10,17-18H2,1-5H3,(H,30,31)/p-1. The zero-order chi connectivity index (χ0) is 23.4. The first kappa shape index (κ1) is 24.3. The molecule has 0 atom stereocenters.